The van der Waals surface area contributed by atoms with Crippen LogP contribution in [0.2, 0.25) is 0 Å². The molecule has 3 N–H and O–H groups in total. The van der Waals surface area contributed by atoms with Crippen molar-refractivity contribution in [3.63, 3.8) is 0 Å². The Kier molecular flexibility index (Phi) is 8.06. The standard InChI is InChI=1S/C30H34N2O5S/c1-4-21(31-22-12-7-5-8-13-22)20-27-25(14-9-6-10-17-29(33)34)30-24-15-11-16-28(38(35,36)37)23(24)18-19-26(30)32(27,2)3/h5,7-8,11-13,15-16,18-20,31H,4,6,9-10,14,17H2,1-3H3,(H-,33,34,35,36,37)/p+1. The van der Waals surface area contributed by atoms with Crippen molar-refractivity contribution in [1.29, 1.82) is 0 Å². The highest BCUT2D eigenvalue weighted by Crippen LogP contribution is 2.49. The van der Waals surface area contributed by atoms with E-state index in [9.17, 15) is 17.8 Å². The van der Waals surface area contributed by atoms with Crippen LogP contribution in [0.4, 0.5) is 11.4 Å². The Morgan fingerprint density at radius 1 is 0.947 bits per heavy atom. The lowest BCUT2D eigenvalue weighted by molar-refractivity contribution is -0.137. The quantitative estimate of drug-likeness (QED) is 0.141. The fraction of sp³-hybridized carbons (Fsp3) is 0.300. The van der Waals surface area contributed by atoms with Crippen molar-refractivity contribution >= 4 is 43.8 Å². The molecule has 4 rings (SSSR count). The van der Waals surface area contributed by atoms with E-state index in [2.05, 4.69) is 32.4 Å². The van der Waals surface area contributed by atoms with Gasteiger partial charge in [0.05, 0.1) is 19.7 Å². The first-order valence-electron chi connectivity index (χ1n) is 12.9. The predicted octanol–water partition coefficient (Wildman–Crippen LogP) is 6.82. The van der Waals surface area contributed by atoms with Gasteiger partial charge in [0, 0.05) is 40.9 Å². The molecule has 1 aliphatic heterocycles. The van der Waals surface area contributed by atoms with Crippen molar-refractivity contribution in [3.05, 3.63) is 83.7 Å². The molecule has 0 aliphatic carbocycles. The second-order valence-electron chi connectivity index (χ2n) is 10.1. The van der Waals surface area contributed by atoms with Crippen LogP contribution in [-0.2, 0) is 14.9 Å². The molecular weight excluding hydrogens is 500 g/mol. The van der Waals surface area contributed by atoms with Crippen LogP contribution >= 0.6 is 0 Å². The van der Waals surface area contributed by atoms with Crippen LogP contribution in [0.3, 0.4) is 0 Å². The number of aliphatic carboxylic acids is 1. The van der Waals surface area contributed by atoms with Crippen LogP contribution in [0.15, 0.2) is 83.0 Å². The van der Waals surface area contributed by atoms with E-state index in [0.717, 1.165) is 65.0 Å². The maximum atomic E-state index is 12.2. The van der Waals surface area contributed by atoms with Gasteiger partial charge in [-0.2, -0.15) is 8.42 Å². The molecule has 1 heterocycles. The molecule has 0 amide bonds. The number of hydrogen-bond donors (Lipinski definition) is 3. The maximum absolute atomic E-state index is 12.2. The van der Waals surface area contributed by atoms with Crippen LogP contribution in [0.25, 0.3) is 16.3 Å². The number of carboxylic acids is 1. The minimum absolute atomic E-state index is 0.104. The topological polar surface area (TPSA) is 104 Å². The Morgan fingerprint density at radius 2 is 1.68 bits per heavy atom. The summed E-state index contributed by atoms with van der Waals surface area (Å²) in [5, 5.41) is 13.8. The number of nitrogens with zero attached hydrogens (tertiary/aromatic N) is 1. The maximum Gasteiger partial charge on any atom is 0.303 e. The predicted molar refractivity (Wildman–Crippen MR) is 153 cm³/mol. The monoisotopic (exact) mass is 535 g/mol. The molecule has 0 unspecified atom stereocenters. The largest absolute Gasteiger partial charge is 0.481 e. The molecule has 1 aliphatic rings. The Hall–Kier alpha value is -3.46. The number of hydrogen-bond acceptors (Lipinski definition) is 4. The fourth-order valence-corrected chi connectivity index (χ4v) is 5.98. The van der Waals surface area contributed by atoms with Gasteiger partial charge in [-0.1, -0.05) is 43.7 Å². The van der Waals surface area contributed by atoms with Gasteiger partial charge in [0.15, 0.2) is 0 Å². The third-order valence-electron chi connectivity index (χ3n) is 7.18. The van der Waals surface area contributed by atoms with Crippen LogP contribution in [0, 0.1) is 0 Å². The van der Waals surface area contributed by atoms with E-state index in [-0.39, 0.29) is 11.3 Å². The summed E-state index contributed by atoms with van der Waals surface area (Å²) < 4.78 is 34.7. The molecule has 0 spiro atoms. The van der Waals surface area contributed by atoms with E-state index in [1.54, 1.807) is 12.1 Å². The number of fused-ring (bicyclic) bond motifs is 3. The number of nitrogens with one attached hydrogen (secondary N) is 1. The summed E-state index contributed by atoms with van der Waals surface area (Å²) >= 11 is 0. The number of para-hydroxylation sites is 1. The molecule has 8 heteroatoms. The van der Waals surface area contributed by atoms with E-state index in [0.29, 0.717) is 16.3 Å². The molecule has 0 aromatic heterocycles. The first-order valence-corrected chi connectivity index (χ1v) is 14.3. The number of benzene rings is 3. The number of anilines is 1. The molecule has 38 heavy (non-hydrogen) atoms. The van der Waals surface area contributed by atoms with Crippen molar-refractivity contribution in [2.24, 2.45) is 0 Å². The van der Waals surface area contributed by atoms with Gasteiger partial charge in [-0.05, 0) is 55.3 Å². The highest BCUT2D eigenvalue weighted by molar-refractivity contribution is 7.86. The summed E-state index contributed by atoms with van der Waals surface area (Å²) in [5.41, 5.74) is 6.30. The molecule has 200 valence electrons. The van der Waals surface area contributed by atoms with Gasteiger partial charge in [0.1, 0.15) is 16.3 Å². The second kappa shape index (κ2) is 11.1. The van der Waals surface area contributed by atoms with Gasteiger partial charge >= 0.3 is 5.97 Å². The molecule has 0 radical (unpaired) electrons. The third kappa shape index (κ3) is 5.67. The summed E-state index contributed by atoms with van der Waals surface area (Å²) in [6.07, 6.45) is 6.04. The van der Waals surface area contributed by atoms with Crippen LogP contribution < -0.4 is 9.80 Å². The zero-order chi connectivity index (χ0) is 27.5. The number of unbranched alkanes of at least 4 members (excludes halogenated alkanes) is 2. The number of carboxylic acid groups (broad SMARTS) is 1. The van der Waals surface area contributed by atoms with E-state index < -0.39 is 16.1 Å². The SMILES string of the molecule is CCC(=CC1=C(CCCCCC(=O)O)c2c(ccc3c(S(=O)(=O)O)cccc23)[N+]1(C)C)Nc1ccccc1. The van der Waals surface area contributed by atoms with Gasteiger partial charge in [-0.3, -0.25) is 13.8 Å². The van der Waals surface area contributed by atoms with E-state index in [1.807, 2.05) is 42.5 Å². The lowest BCUT2D eigenvalue weighted by Gasteiger charge is -2.27. The van der Waals surface area contributed by atoms with Gasteiger partial charge in [0.25, 0.3) is 10.1 Å². The smallest absolute Gasteiger partial charge is 0.303 e. The molecule has 0 atom stereocenters. The van der Waals surface area contributed by atoms with Crippen molar-refractivity contribution in [2.75, 3.05) is 19.4 Å². The van der Waals surface area contributed by atoms with Crippen LogP contribution in [-0.4, -0.2) is 38.1 Å². The molecule has 3 aromatic rings. The fourth-order valence-electron chi connectivity index (χ4n) is 5.28. The lowest BCUT2D eigenvalue weighted by Crippen LogP contribution is -2.36. The Morgan fingerprint density at radius 3 is 2.34 bits per heavy atom. The second-order valence-corrected chi connectivity index (χ2v) is 11.5. The van der Waals surface area contributed by atoms with Crippen molar-refractivity contribution in [3.8, 4) is 0 Å². The van der Waals surface area contributed by atoms with E-state index >= 15 is 0 Å². The summed E-state index contributed by atoms with van der Waals surface area (Å²) in [6.45, 7) is 2.10. The molecule has 0 saturated carbocycles. The van der Waals surface area contributed by atoms with Gasteiger partial charge in [0.2, 0.25) is 0 Å². The number of rotatable bonds is 11. The van der Waals surface area contributed by atoms with Crippen molar-refractivity contribution in [2.45, 2.75) is 50.3 Å². The number of allylic oxidation sites excluding steroid dienone is 3. The van der Waals surface area contributed by atoms with E-state index in [4.69, 9.17) is 5.11 Å². The minimum Gasteiger partial charge on any atom is -0.481 e. The molecule has 0 bridgehead atoms. The van der Waals surface area contributed by atoms with Crippen LogP contribution in [0.5, 0.6) is 0 Å². The van der Waals surface area contributed by atoms with Gasteiger partial charge in [-0.15, -0.1) is 0 Å². The summed E-state index contributed by atoms with van der Waals surface area (Å²) in [7, 11) is -0.153. The summed E-state index contributed by atoms with van der Waals surface area (Å²) in [6, 6.07) is 18.7. The average Bonchev–Trinajstić information content (AvgIpc) is 3.09. The normalized spacial score (nSPS) is 15.1. The summed E-state index contributed by atoms with van der Waals surface area (Å²) in [4.78, 5) is 10.9. The molecule has 0 saturated heterocycles. The molecular formula is C30H35N2O5S+. The lowest BCUT2D eigenvalue weighted by atomic mass is 9.93. The molecule has 7 nitrogen and oxygen atoms in total. The Bertz CT molecular complexity index is 1520. The zero-order valence-corrected chi connectivity index (χ0v) is 22.9. The Labute approximate surface area is 224 Å². The molecule has 3 aromatic carbocycles. The highest BCUT2D eigenvalue weighted by Gasteiger charge is 2.39. The van der Waals surface area contributed by atoms with Gasteiger partial charge in [-0.25, -0.2) is 0 Å². The van der Waals surface area contributed by atoms with Crippen molar-refractivity contribution < 1.29 is 22.9 Å². The average molecular weight is 536 g/mol. The number of quaternary nitrogens is 1. The third-order valence-corrected chi connectivity index (χ3v) is 8.09. The van der Waals surface area contributed by atoms with Crippen molar-refractivity contribution in [1.82, 2.24) is 4.48 Å². The summed E-state index contributed by atoms with van der Waals surface area (Å²) in [5.74, 6) is -0.792. The van der Waals surface area contributed by atoms with Crippen LogP contribution in [0.1, 0.15) is 51.0 Å². The first kappa shape index (κ1) is 27.6. The Balaban J connectivity index is 1.87. The number of likely N-dealkylation sites (N-methyl/N-ethyl adjacent to an activating group) is 1. The minimum atomic E-state index is -4.40. The first-order chi connectivity index (χ1) is 18.0. The number of carbonyl (C=O) groups is 1. The zero-order valence-electron chi connectivity index (χ0n) is 22.1. The molecule has 0 fully saturated rings. The van der Waals surface area contributed by atoms with E-state index in [1.165, 1.54) is 6.07 Å². The highest BCUT2D eigenvalue weighted by atomic mass is 32.2. The van der Waals surface area contributed by atoms with Gasteiger partial charge < -0.3 is 10.4 Å².